The normalized spacial score (nSPS) is 24.3. The van der Waals surface area contributed by atoms with Gasteiger partial charge in [0.25, 0.3) is 0 Å². The van der Waals surface area contributed by atoms with Crippen molar-refractivity contribution in [2.24, 2.45) is 5.41 Å². The Labute approximate surface area is 145 Å². The number of nitrogens with zero attached hydrogens (tertiary/aromatic N) is 2. The van der Waals surface area contributed by atoms with Crippen LogP contribution in [-0.2, 0) is 11.3 Å². The number of piperidine rings is 2. The summed E-state index contributed by atoms with van der Waals surface area (Å²) in [7, 11) is 0. The first-order valence-electron chi connectivity index (χ1n) is 9.10. The monoisotopic (exact) mass is 330 g/mol. The zero-order chi connectivity index (χ0) is 17.3. The lowest BCUT2D eigenvalue weighted by molar-refractivity contribution is -0.138. The molecule has 0 radical (unpaired) electrons. The molecule has 1 aromatic carbocycles. The van der Waals surface area contributed by atoms with Crippen LogP contribution in [0.5, 0.6) is 0 Å². The highest BCUT2D eigenvalue weighted by molar-refractivity contribution is 5.73. The van der Waals surface area contributed by atoms with E-state index >= 15 is 0 Å². The fraction of sp³-hybridized carbons (Fsp3) is 0.650. The molecule has 1 aromatic rings. The molecule has 1 N–H and O–H groups in total. The van der Waals surface area contributed by atoms with Gasteiger partial charge in [0.05, 0.1) is 6.10 Å². The number of likely N-dealkylation sites (tertiary alicyclic amines) is 2. The summed E-state index contributed by atoms with van der Waals surface area (Å²) in [6.07, 6.45) is 2.61. The Bertz CT molecular complexity index is 585. The molecule has 1 unspecified atom stereocenters. The van der Waals surface area contributed by atoms with E-state index in [0.717, 1.165) is 45.4 Å². The second-order valence-corrected chi connectivity index (χ2v) is 7.90. The van der Waals surface area contributed by atoms with Crippen LogP contribution < -0.4 is 0 Å². The van der Waals surface area contributed by atoms with Gasteiger partial charge in [0.1, 0.15) is 0 Å². The Hall–Kier alpha value is -1.39. The fourth-order valence-electron chi connectivity index (χ4n) is 4.46. The number of β-amino-alcohol motifs (C(OH)–C–C–N with tert-alkyl or cyclic N) is 1. The number of hydrogen-bond donors (Lipinski definition) is 1. The zero-order valence-electron chi connectivity index (χ0n) is 15.2. The van der Waals surface area contributed by atoms with Crippen molar-refractivity contribution in [1.82, 2.24) is 9.80 Å². The standard InChI is InChI=1S/C20H30N2O2/c1-15-5-4-6-16(2)19(15)13-21-9-7-20(8-10-21)11-18(24)12-22(14-20)17(3)23/h4-6,18,24H,7-14H2,1-3H3. The molecule has 1 spiro atoms. The second kappa shape index (κ2) is 6.85. The van der Waals surface area contributed by atoms with Crippen LogP contribution in [0, 0.1) is 19.3 Å². The number of aliphatic hydroxyl groups excluding tert-OH is 1. The average molecular weight is 330 g/mol. The highest BCUT2D eigenvalue weighted by atomic mass is 16.3. The van der Waals surface area contributed by atoms with Gasteiger partial charge in [-0.05, 0) is 68.3 Å². The molecule has 24 heavy (non-hydrogen) atoms. The van der Waals surface area contributed by atoms with Crippen molar-refractivity contribution in [1.29, 1.82) is 0 Å². The van der Waals surface area contributed by atoms with Crippen molar-refractivity contribution in [2.45, 2.75) is 52.7 Å². The minimum Gasteiger partial charge on any atom is -0.391 e. The Balaban J connectivity index is 1.64. The van der Waals surface area contributed by atoms with E-state index in [4.69, 9.17) is 0 Å². The third kappa shape index (κ3) is 3.65. The molecule has 3 rings (SSSR count). The number of rotatable bonds is 2. The number of amides is 1. The first-order chi connectivity index (χ1) is 11.4. The predicted molar refractivity (Wildman–Crippen MR) is 95.7 cm³/mol. The van der Waals surface area contributed by atoms with Gasteiger partial charge in [-0.25, -0.2) is 0 Å². The lowest BCUT2D eigenvalue weighted by Crippen LogP contribution is -2.54. The van der Waals surface area contributed by atoms with E-state index in [9.17, 15) is 9.90 Å². The number of aryl methyl sites for hydroxylation is 2. The van der Waals surface area contributed by atoms with Crippen molar-refractivity contribution in [3.05, 3.63) is 34.9 Å². The molecule has 2 aliphatic heterocycles. The number of carbonyl (C=O) groups is 1. The van der Waals surface area contributed by atoms with E-state index in [2.05, 4.69) is 36.9 Å². The molecular formula is C20H30N2O2. The van der Waals surface area contributed by atoms with Gasteiger partial charge in [0.15, 0.2) is 0 Å². The highest BCUT2D eigenvalue weighted by Crippen LogP contribution is 2.40. The van der Waals surface area contributed by atoms with Crippen LogP contribution in [0.3, 0.4) is 0 Å². The quantitative estimate of drug-likeness (QED) is 0.906. The summed E-state index contributed by atoms with van der Waals surface area (Å²) in [6.45, 7) is 10.4. The average Bonchev–Trinajstić information content (AvgIpc) is 2.52. The maximum absolute atomic E-state index is 11.8. The molecule has 0 saturated carbocycles. The molecule has 1 amide bonds. The molecular weight excluding hydrogens is 300 g/mol. The smallest absolute Gasteiger partial charge is 0.219 e. The summed E-state index contributed by atoms with van der Waals surface area (Å²) in [4.78, 5) is 16.1. The molecule has 132 valence electrons. The lowest BCUT2D eigenvalue weighted by atomic mass is 9.71. The van der Waals surface area contributed by atoms with Gasteiger partial charge >= 0.3 is 0 Å². The van der Waals surface area contributed by atoms with Crippen molar-refractivity contribution in [2.75, 3.05) is 26.2 Å². The molecule has 2 fully saturated rings. The summed E-state index contributed by atoms with van der Waals surface area (Å²) >= 11 is 0. The van der Waals surface area contributed by atoms with Crippen LogP contribution in [0.25, 0.3) is 0 Å². The molecule has 4 nitrogen and oxygen atoms in total. The molecule has 0 aromatic heterocycles. The molecule has 0 aliphatic carbocycles. The van der Waals surface area contributed by atoms with Gasteiger partial charge < -0.3 is 10.0 Å². The fourth-order valence-corrected chi connectivity index (χ4v) is 4.46. The van der Waals surface area contributed by atoms with Crippen molar-refractivity contribution < 1.29 is 9.90 Å². The summed E-state index contributed by atoms with van der Waals surface area (Å²) in [6, 6.07) is 6.51. The molecule has 0 bridgehead atoms. The van der Waals surface area contributed by atoms with Crippen LogP contribution in [0.2, 0.25) is 0 Å². The summed E-state index contributed by atoms with van der Waals surface area (Å²) in [5.41, 5.74) is 4.29. The summed E-state index contributed by atoms with van der Waals surface area (Å²) in [5.74, 6) is 0.0890. The van der Waals surface area contributed by atoms with Gasteiger partial charge in [0, 0.05) is 26.6 Å². The van der Waals surface area contributed by atoms with Crippen molar-refractivity contribution in [3.63, 3.8) is 0 Å². The molecule has 1 atom stereocenters. The SMILES string of the molecule is CC(=O)N1CC(O)CC2(CCN(Cc3c(C)cccc3C)CC2)C1. The molecule has 2 heterocycles. The van der Waals surface area contributed by atoms with Gasteiger partial charge in [-0.15, -0.1) is 0 Å². The van der Waals surface area contributed by atoms with Crippen LogP contribution in [0.4, 0.5) is 0 Å². The van der Waals surface area contributed by atoms with Crippen LogP contribution in [-0.4, -0.2) is 53.1 Å². The van der Waals surface area contributed by atoms with E-state index in [1.165, 1.54) is 16.7 Å². The predicted octanol–water partition coefficient (Wildman–Crippen LogP) is 2.50. The van der Waals surface area contributed by atoms with Crippen LogP contribution in [0.1, 0.15) is 42.9 Å². The van der Waals surface area contributed by atoms with Gasteiger partial charge in [-0.3, -0.25) is 9.69 Å². The van der Waals surface area contributed by atoms with Gasteiger partial charge in [0.2, 0.25) is 5.91 Å². The van der Waals surface area contributed by atoms with E-state index in [1.54, 1.807) is 6.92 Å². The van der Waals surface area contributed by atoms with Crippen molar-refractivity contribution in [3.8, 4) is 0 Å². The van der Waals surface area contributed by atoms with Gasteiger partial charge in [-0.2, -0.15) is 0 Å². The highest BCUT2D eigenvalue weighted by Gasteiger charge is 2.42. The van der Waals surface area contributed by atoms with Crippen LogP contribution >= 0.6 is 0 Å². The van der Waals surface area contributed by atoms with E-state index < -0.39 is 0 Å². The summed E-state index contributed by atoms with van der Waals surface area (Å²) < 4.78 is 0. The van der Waals surface area contributed by atoms with E-state index in [0.29, 0.717) is 6.54 Å². The first-order valence-corrected chi connectivity index (χ1v) is 9.10. The maximum atomic E-state index is 11.8. The minimum absolute atomic E-state index is 0.0890. The Kier molecular flexibility index (Phi) is 4.97. The second-order valence-electron chi connectivity index (χ2n) is 7.90. The third-order valence-electron chi connectivity index (χ3n) is 6.01. The van der Waals surface area contributed by atoms with Crippen LogP contribution in [0.15, 0.2) is 18.2 Å². The molecule has 2 aliphatic rings. The number of hydrogen-bond acceptors (Lipinski definition) is 3. The summed E-state index contributed by atoms with van der Waals surface area (Å²) in [5, 5.41) is 10.2. The lowest BCUT2D eigenvalue weighted by Gasteiger charge is -2.49. The van der Waals surface area contributed by atoms with E-state index in [-0.39, 0.29) is 17.4 Å². The largest absolute Gasteiger partial charge is 0.391 e. The zero-order valence-corrected chi connectivity index (χ0v) is 15.2. The van der Waals surface area contributed by atoms with E-state index in [1.807, 2.05) is 4.90 Å². The number of carbonyl (C=O) groups excluding carboxylic acids is 1. The van der Waals surface area contributed by atoms with Crippen molar-refractivity contribution >= 4 is 5.91 Å². The maximum Gasteiger partial charge on any atom is 0.219 e. The number of benzene rings is 1. The molecule has 2 saturated heterocycles. The Morgan fingerprint density at radius 3 is 2.46 bits per heavy atom. The number of aliphatic hydroxyl groups is 1. The first kappa shape index (κ1) is 17.4. The Morgan fingerprint density at radius 1 is 1.25 bits per heavy atom. The minimum atomic E-state index is -0.368. The Morgan fingerprint density at radius 2 is 1.88 bits per heavy atom. The van der Waals surface area contributed by atoms with Gasteiger partial charge in [-0.1, -0.05) is 18.2 Å². The molecule has 4 heteroatoms. The third-order valence-corrected chi connectivity index (χ3v) is 6.01. The topological polar surface area (TPSA) is 43.8 Å².